The summed E-state index contributed by atoms with van der Waals surface area (Å²) >= 11 is 0. The van der Waals surface area contributed by atoms with Crippen molar-refractivity contribution in [2.24, 2.45) is 0 Å². The topological polar surface area (TPSA) is 106 Å². The molecule has 10 heteroatoms. The molecule has 2 aliphatic heterocycles. The van der Waals surface area contributed by atoms with Crippen molar-refractivity contribution in [2.45, 2.75) is 56.1 Å². The smallest absolute Gasteiger partial charge is 0.241 e. The van der Waals surface area contributed by atoms with Crippen LogP contribution >= 0.6 is 12.4 Å². The predicted octanol–water partition coefficient (Wildman–Crippen LogP) is 1.19. The Labute approximate surface area is 172 Å². The fraction of sp³-hybridized carbons (Fsp3) is 0.611. The van der Waals surface area contributed by atoms with Gasteiger partial charge in [-0.25, -0.2) is 8.42 Å². The maximum absolute atomic E-state index is 12.7. The Morgan fingerprint density at radius 2 is 1.96 bits per heavy atom. The van der Waals surface area contributed by atoms with Gasteiger partial charge in [0.2, 0.25) is 15.9 Å². The van der Waals surface area contributed by atoms with Gasteiger partial charge in [-0.3, -0.25) is 4.79 Å². The minimum Gasteiger partial charge on any atom is -0.490 e. The number of carbonyl (C=O) groups is 1. The number of sulfonamides is 1. The first-order valence-electron chi connectivity index (χ1n) is 9.31. The number of carbonyl (C=O) groups excluding carboxylic acids is 1. The fourth-order valence-electron chi connectivity index (χ4n) is 3.25. The van der Waals surface area contributed by atoms with Gasteiger partial charge in [-0.15, -0.1) is 12.4 Å². The molecular formula is C18H28ClN3O5S. The van der Waals surface area contributed by atoms with Crippen LogP contribution in [-0.2, 0) is 14.8 Å². The van der Waals surface area contributed by atoms with Crippen molar-refractivity contribution in [1.29, 1.82) is 0 Å². The van der Waals surface area contributed by atoms with E-state index in [9.17, 15) is 13.2 Å². The van der Waals surface area contributed by atoms with Crippen molar-refractivity contribution in [2.75, 3.05) is 19.8 Å². The third kappa shape index (κ3) is 5.73. The summed E-state index contributed by atoms with van der Waals surface area (Å²) in [6, 6.07) is 3.97. The number of hydrogen-bond acceptors (Lipinski definition) is 6. The lowest BCUT2D eigenvalue weighted by Gasteiger charge is -2.29. The molecule has 1 aromatic carbocycles. The average molecular weight is 434 g/mol. The number of rotatable bonds is 5. The first-order chi connectivity index (χ1) is 12.8. The molecule has 0 aromatic heterocycles. The molecule has 3 unspecified atom stereocenters. The lowest BCUT2D eigenvalue weighted by molar-refractivity contribution is -0.123. The highest BCUT2D eigenvalue weighted by molar-refractivity contribution is 7.89. The van der Waals surface area contributed by atoms with Gasteiger partial charge in [0, 0.05) is 24.6 Å². The summed E-state index contributed by atoms with van der Waals surface area (Å²) in [5.41, 5.74) is 0. The normalized spacial score (nSPS) is 23.1. The number of amides is 1. The molecule has 0 saturated carbocycles. The van der Waals surface area contributed by atoms with Crippen molar-refractivity contribution >= 4 is 28.3 Å². The second-order valence-electron chi connectivity index (χ2n) is 7.09. The van der Waals surface area contributed by atoms with E-state index in [2.05, 4.69) is 22.3 Å². The van der Waals surface area contributed by atoms with Crippen molar-refractivity contribution in [3.8, 4) is 11.5 Å². The zero-order chi connectivity index (χ0) is 19.4. The molecule has 8 nitrogen and oxygen atoms in total. The SMILES string of the molecule is CC1CC(NC(=O)C(C)NS(=O)(=O)c2ccc3c(c2)OCCCO3)CCN1.Cl. The van der Waals surface area contributed by atoms with Crippen molar-refractivity contribution in [1.82, 2.24) is 15.4 Å². The molecule has 3 rings (SSSR count). The van der Waals surface area contributed by atoms with Crippen LogP contribution in [0.4, 0.5) is 0 Å². The van der Waals surface area contributed by atoms with Gasteiger partial charge in [-0.2, -0.15) is 4.72 Å². The van der Waals surface area contributed by atoms with Gasteiger partial charge in [0.25, 0.3) is 0 Å². The maximum atomic E-state index is 12.7. The summed E-state index contributed by atoms with van der Waals surface area (Å²) < 4.78 is 38.8. The number of hydrogen-bond donors (Lipinski definition) is 3. The van der Waals surface area contributed by atoms with E-state index in [1.54, 1.807) is 13.0 Å². The summed E-state index contributed by atoms with van der Waals surface area (Å²) in [4.78, 5) is 12.4. The number of halogens is 1. The van der Waals surface area contributed by atoms with Crippen molar-refractivity contribution in [3.63, 3.8) is 0 Å². The second-order valence-corrected chi connectivity index (χ2v) is 8.80. The Bertz CT molecular complexity index is 789. The van der Waals surface area contributed by atoms with E-state index >= 15 is 0 Å². The summed E-state index contributed by atoms with van der Waals surface area (Å²) in [5, 5.41) is 6.25. The van der Waals surface area contributed by atoms with Gasteiger partial charge in [0.1, 0.15) is 0 Å². The zero-order valence-corrected chi connectivity index (χ0v) is 17.7. The van der Waals surface area contributed by atoms with Gasteiger partial charge in [0.15, 0.2) is 11.5 Å². The third-order valence-electron chi connectivity index (χ3n) is 4.72. The molecule has 158 valence electrons. The lowest BCUT2D eigenvalue weighted by atomic mass is 10.0. The molecule has 3 atom stereocenters. The molecule has 2 aliphatic rings. The van der Waals surface area contributed by atoms with Gasteiger partial charge in [-0.05, 0) is 45.4 Å². The van der Waals surface area contributed by atoms with Crippen molar-refractivity contribution in [3.05, 3.63) is 18.2 Å². The molecule has 1 aromatic rings. The first kappa shape index (κ1) is 22.7. The third-order valence-corrected chi connectivity index (χ3v) is 6.26. The molecular weight excluding hydrogens is 406 g/mol. The Hall–Kier alpha value is -1.55. The Kier molecular flexibility index (Phi) is 7.94. The zero-order valence-electron chi connectivity index (χ0n) is 16.1. The highest BCUT2D eigenvalue weighted by atomic mass is 35.5. The molecule has 1 amide bonds. The summed E-state index contributed by atoms with van der Waals surface area (Å²) in [7, 11) is -3.86. The number of fused-ring (bicyclic) bond motifs is 1. The van der Waals surface area contributed by atoms with E-state index in [1.165, 1.54) is 12.1 Å². The molecule has 0 radical (unpaired) electrons. The van der Waals surface area contributed by atoms with Crippen LogP contribution in [0, 0.1) is 0 Å². The fourth-order valence-corrected chi connectivity index (χ4v) is 4.47. The lowest BCUT2D eigenvalue weighted by Crippen LogP contribution is -2.52. The van der Waals surface area contributed by atoms with Crippen LogP contribution in [0.3, 0.4) is 0 Å². The van der Waals surface area contributed by atoms with E-state index < -0.39 is 16.1 Å². The molecule has 0 aliphatic carbocycles. The number of piperidine rings is 1. The molecule has 0 bridgehead atoms. The minimum absolute atomic E-state index is 0. The van der Waals surface area contributed by atoms with E-state index in [0.717, 1.165) is 25.8 Å². The molecule has 2 heterocycles. The van der Waals surface area contributed by atoms with Crippen LogP contribution < -0.4 is 24.8 Å². The van der Waals surface area contributed by atoms with Gasteiger partial charge in [0.05, 0.1) is 24.2 Å². The number of benzene rings is 1. The second kappa shape index (κ2) is 9.78. The van der Waals surface area contributed by atoms with Crippen LogP contribution in [0.5, 0.6) is 11.5 Å². The van der Waals surface area contributed by atoms with E-state index in [4.69, 9.17) is 9.47 Å². The Balaban J connectivity index is 0.00000280. The van der Waals surface area contributed by atoms with Crippen LogP contribution in [-0.4, -0.2) is 52.2 Å². The quantitative estimate of drug-likeness (QED) is 0.644. The van der Waals surface area contributed by atoms with Crippen molar-refractivity contribution < 1.29 is 22.7 Å². The largest absolute Gasteiger partial charge is 0.490 e. The van der Waals surface area contributed by atoms with Crippen LogP contribution in [0.15, 0.2) is 23.1 Å². The van der Waals surface area contributed by atoms with E-state index in [1.807, 2.05) is 0 Å². The molecule has 3 N–H and O–H groups in total. The molecule has 1 saturated heterocycles. The van der Waals surface area contributed by atoms with Gasteiger partial charge in [-0.1, -0.05) is 0 Å². The molecule has 1 fully saturated rings. The summed E-state index contributed by atoms with van der Waals surface area (Å²) in [5.74, 6) is 0.598. The highest BCUT2D eigenvalue weighted by Crippen LogP contribution is 2.31. The number of ether oxygens (including phenoxy) is 2. The summed E-state index contributed by atoms with van der Waals surface area (Å²) in [6.07, 6.45) is 2.40. The van der Waals surface area contributed by atoms with Crippen LogP contribution in [0.25, 0.3) is 0 Å². The summed E-state index contributed by atoms with van der Waals surface area (Å²) in [6.45, 7) is 5.44. The molecule has 28 heavy (non-hydrogen) atoms. The van der Waals surface area contributed by atoms with Crippen LogP contribution in [0.1, 0.15) is 33.1 Å². The van der Waals surface area contributed by atoms with Crippen LogP contribution in [0.2, 0.25) is 0 Å². The standard InChI is InChI=1S/C18H27N3O5S.ClH/c1-12-10-14(6-7-19-12)20-18(22)13(2)21-27(23,24)15-4-5-16-17(11-15)26-9-3-8-25-16;/h4-5,11-14,19,21H,3,6-10H2,1-2H3,(H,20,22);1H. The first-order valence-corrected chi connectivity index (χ1v) is 10.8. The van der Waals surface area contributed by atoms with E-state index in [0.29, 0.717) is 30.8 Å². The minimum atomic E-state index is -3.86. The maximum Gasteiger partial charge on any atom is 0.241 e. The Morgan fingerprint density at radius 3 is 2.68 bits per heavy atom. The van der Waals surface area contributed by atoms with E-state index in [-0.39, 0.29) is 29.3 Å². The van der Waals surface area contributed by atoms with Gasteiger partial charge >= 0.3 is 0 Å². The molecule has 0 spiro atoms. The highest BCUT2D eigenvalue weighted by Gasteiger charge is 2.26. The monoisotopic (exact) mass is 433 g/mol. The number of nitrogens with one attached hydrogen (secondary N) is 3. The predicted molar refractivity (Wildman–Crippen MR) is 108 cm³/mol. The Morgan fingerprint density at radius 1 is 1.25 bits per heavy atom. The van der Waals surface area contributed by atoms with Gasteiger partial charge < -0.3 is 20.1 Å². The average Bonchev–Trinajstić information content (AvgIpc) is 2.86.